The molecule has 0 radical (unpaired) electrons. The molecule has 0 aromatic carbocycles. The number of unbranched alkanes of at least 4 members (excludes halogenated alkanes) is 4. The summed E-state index contributed by atoms with van der Waals surface area (Å²) in [6.45, 7) is 10.3. The Balaban J connectivity index is 1.76. The van der Waals surface area contributed by atoms with Crippen LogP contribution in [0.5, 0.6) is 0 Å². The van der Waals surface area contributed by atoms with Crippen molar-refractivity contribution < 1.29 is 31.4 Å². The highest BCUT2D eigenvalue weighted by atomic mass is 32.2. The van der Waals surface area contributed by atoms with Crippen LogP contribution in [-0.2, 0) is 31.4 Å². The van der Waals surface area contributed by atoms with Gasteiger partial charge in [-0.1, -0.05) is 44.4 Å². The Bertz CT molecular complexity index is 636. The third-order valence-corrected chi connectivity index (χ3v) is 14.2. The van der Waals surface area contributed by atoms with Gasteiger partial charge in [-0.3, -0.25) is 4.79 Å². The molecule has 0 spiro atoms. The molecule has 11 heteroatoms. The SMILES string of the molecule is CCCCCCCC(=O)SCCC[Si]1(OCCC(C)O[Si]2(CCCS)OCCC(C)O2)OCCC(C)O1. The minimum absolute atomic E-state index is 0.0468. The predicted octanol–water partition coefficient (Wildman–Crippen LogP) is 6.66. The van der Waals surface area contributed by atoms with Crippen LogP contribution in [0.15, 0.2) is 0 Å². The number of carbonyl (C=O) groups is 1. The van der Waals surface area contributed by atoms with Crippen molar-refractivity contribution in [2.75, 3.05) is 31.3 Å². The summed E-state index contributed by atoms with van der Waals surface area (Å²) in [6, 6.07) is 1.54. The molecule has 2 aliphatic rings. The number of thiol groups is 1. The van der Waals surface area contributed by atoms with E-state index in [1.807, 2.05) is 0 Å². The van der Waals surface area contributed by atoms with E-state index < -0.39 is 17.6 Å². The average molecular weight is 597 g/mol. The van der Waals surface area contributed by atoms with Gasteiger partial charge in [0, 0.05) is 62.4 Å². The summed E-state index contributed by atoms with van der Waals surface area (Å²) >= 11 is 5.82. The Morgan fingerprint density at radius 1 is 0.973 bits per heavy atom. The molecule has 2 saturated heterocycles. The maximum Gasteiger partial charge on any atom is 0.501 e. The largest absolute Gasteiger partial charge is 0.501 e. The van der Waals surface area contributed by atoms with Crippen LogP contribution in [0.3, 0.4) is 0 Å². The lowest BCUT2D eigenvalue weighted by Gasteiger charge is -2.39. The first-order valence-corrected chi connectivity index (χ1v) is 20.0. The molecule has 0 aromatic heterocycles. The summed E-state index contributed by atoms with van der Waals surface area (Å²) in [7, 11) is -5.46. The first-order chi connectivity index (χ1) is 17.8. The highest BCUT2D eigenvalue weighted by molar-refractivity contribution is 8.13. The van der Waals surface area contributed by atoms with Gasteiger partial charge >= 0.3 is 17.6 Å². The zero-order valence-electron chi connectivity index (χ0n) is 23.7. The first-order valence-electron chi connectivity index (χ1n) is 14.5. The molecule has 0 aromatic rings. The predicted molar refractivity (Wildman–Crippen MR) is 158 cm³/mol. The minimum atomic E-state index is -2.77. The quantitative estimate of drug-likeness (QED) is 0.101. The van der Waals surface area contributed by atoms with Gasteiger partial charge in [0.2, 0.25) is 0 Å². The fourth-order valence-corrected chi connectivity index (χ4v) is 12.0. The molecule has 218 valence electrons. The molecule has 2 aliphatic heterocycles. The minimum Gasteiger partial charge on any atom is -0.373 e. The second kappa shape index (κ2) is 18.8. The van der Waals surface area contributed by atoms with Gasteiger partial charge in [-0.15, -0.1) is 0 Å². The van der Waals surface area contributed by atoms with Crippen LogP contribution >= 0.6 is 24.4 Å². The van der Waals surface area contributed by atoms with Crippen molar-refractivity contribution >= 4 is 47.1 Å². The molecular weight excluding hydrogens is 545 g/mol. The van der Waals surface area contributed by atoms with Crippen LogP contribution in [-0.4, -0.2) is 72.4 Å². The maximum absolute atomic E-state index is 12.2. The van der Waals surface area contributed by atoms with E-state index in [-0.39, 0.29) is 18.3 Å². The molecule has 0 saturated carbocycles. The van der Waals surface area contributed by atoms with Gasteiger partial charge in [-0.25, -0.2) is 0 Å². The summed E-state index contributed by atoms with van der Waals surface area (Å²) in [5.41, 5.74) is 0. The third-order valence-electron chi connectivity index (χ3n) is 6.70. The number of rotatable bonds is 19. The lowest BCUT2D eigenvalue weighted by molar-refractivity contribution is -0.111. The molecule has 0 amide bonds. The second-order valence-electron chi connectivity index (χ2n) is 10.4. The topological polar surface area (TPSA) is 72.5 Å². The van der Waals surface area contributed by atoms with E-state index >= 15 is 0 Å². The van der Waals surface area contributed by atoms with E-state index in [0.717, 1.165) is 68.5 Å². The highest BCUT2D eigenvalue weighted by Gasteiger charge is 2.47. The monoisotopic (exact) mass is 596 g/mol. The van der Waals surface area contributed by atoms with Crippen molar-refractivity contribution in [2.45, 2.75) is 129 Å². The van der Waals surface area contributed by atoms with Gasteiger partial charge in [0.05, 0.1) is 0 Å². The average Bonchev–Trinajstić information content (AvgIpc) is 2.85. The lowest BCUT2D eigenvalue weighted by Crippen LogP contribution is -2.54. The molecule has 2 heterocycles. The second-order valence-corrected chi connectivity index (χ2v) is 17.3. The maximum atomic E-state index is 12.2. The van der Waals surface area contributed by atoms with Crippen molar-refractivity contribution in [2.24, 2.45) is 0 Å². The van der Waals surface area contributed by atoms with Crippen LogP contribution in [0.25, 0.3) is 0 Å². The summed E-state index contributed by atoms with van der Waals surface area (Å²) in [4.78, 5) is 12.2. The first kappa shape index (κ1) is 33.8. The Kier molecular flexibility index (Phi) is 17.2. The Morgan fingerprint density at radius 3 is 2.30 bits per heavy atom. The number of thioether (sulfide) groups is 1. The van der Waals surface area contributed by atoms with Crippen molar-refractivity contribution in [1.29, 1.82) is 0 Å². The summed E-state index contributed by atoms with van der Waals surface area (Å²) in [5.74, 6) is 1.58. The fourth-order valence-electron chi connectivity index (χ4n) is 4.55. The fraction of sp³-hybridized carbons (Fsp3) is 0.962. The zero-order valence-corrected chi connectivity index (χ0v) is 27.4. The molecule has 0 N–H and O–H groups in total. The smallest absolute Gasteiger partial charge is 0.373 e. The normalized spacial score (nSPS) is 29.3. The van der Waals surface area contributed by atoms with E-state index in [4.69, 9.17) is 26.6 Å². The Labute approximate surface area is 237 Å². The van der Waals surface area contributed by atoms with Crippen molar-refractivity contribution in [1.82, 2.24) is 0 Å². The number of hydrogen-bond donors (Lipinski definition) is 1. The number of carbonyl (C=O) groups excluding carboxylic acids is 1. The molecule has 5 unspecified atom stereocenters. The highest BCUT2D eigenvalue weighted by Crippen LogP contribution is 2.29. The van der Waals surface area contributed by atoms with E-state index in [9.17, 15) is 4.79 Å². The van der Waals surface area contributed by atoms with Crippen molar-refractivity contribution in [3.8, 4) is 0 Å². The summed E-state index contributed by atoms with van der Waals surface area (Å²) in [6.07, 6.45) is 11.1. The molecule has 5 atom stereocenters. The van der Waals surface area contributed by atoms with E-state index in [1.54, 1.807) is 0 Å². The van der Waals surface area contributed by atoms with Crippen molar-refractivity contribution in [3.63, 3.8) is 0 Å². The molecular formula is C26H52O7S2Si2. The van der Waals surface area contributed by atoms with E-state index in [2.05, 4.69) is 40.3 Å². The molecule has 2 fully saturated rings. The third kappa shape index (κ3) is 13.7. The Hall–Kier alpha value is 0.564. The van der Waals surface area contributed by atoms with E-state index in [1.165, 1.54) is 31.0 Å². The molecule has 37 heavy (non-hydrogen) atoms. The van der Waals surface area contributed by atoms with Gasteiger partial charge in [0.25, 0.3) is 0 Å². The van der Waals surface area contributed by atoms with Gasteiger partial charge in [0.1, 0.15) is 0 Å². The molecule has 7 nitrogen and oxygen atoms in total. The van der Waals surface area contributed by atoms with Crippen molar-refractivity contribution in [3.05, 3.63) is 0 Å². The van der Waals surface area contributed by atoms with Gasteiger partial charge in [-0.05, 0) is 65.0 Å². The molecule has 0 aliphatic carbocycles. The Morgan fingerprint density at radius 2 is 1.62 bits per heavy atom. The number of hydrogen-bond acceptors (Lipinski definition) is 9. The van der Waals surface area contributed by atoms with Crippen LogP contribution in [0, 0.1) is 0 Å². The molecule has 0 bridgehead atoms. The van der Waals surface area contributed by atoms with E-state index in [0.29, 0.717) is 31.4 Å². The van der Waals surface area contributed by atoms with Gasteiger partial charge in [-0.2, -0.15) is 12.6 Å². The van der Waals surface area contributed by atoms with Crippen LogP contribution in [0.4, 0.5) is 0 Å². The summed E-state index contributed by atoms with van der Waals surface area (Å²) < 4.78 is 37.7. The van der Waals surface area contributed by atoms with Gasteiger partial charge < -0.3 is 26.6 Å². The molecule has 2 rings (SSSR count). The zero-order chi connectivity index (χ0) is 27.0. The van der Waals surface area contributed by atoms with Crippen LogP contribution < -0.4 is 0 Å². The summed E-state index contributed by atoms with van der Waals surface area (Å²) in [5, 5.41) is 0.301. The lowest BCUT2D eigenvalue weighted by atomic mass is 10.1. The van der Waals surface area contributed by atoms with Gasteiger partial charge in [0.15, 0.2) is 5.12 Å². The van der Waals surface area contributed by atoms with Crippen LogP contribution in [0.1, 0.15) is 98.3 Å². The standard InChI is InChI=1S/C26H52O7S2Si2/c1-5-6-7-8-9-12-26(27)35-20-11-22-36(28-16-13-23(2)31-36)29-17-14-24(3)32-37(21-10-19-34)30-18-15-25(4)33-37/h23-25,34H,5-22H2,1-4H3. The van der Waals surface area contributed by atoms with Crippen LogP contribution in [0.2, 0.25) is 12.1 Å².